The highest BCUT2D eigenvalue weighted by Crippen LogP contribution is 2.21. The maximum absolute atomic E-state index is 5.55. The van der Waals surface area contributed by atoms with Crippen molar-refractivity contribution in [3.8, 4) is 0 Å². The molecule has 3 heteroatoms. The van der Waals surface area contributed by atoms with Crippen LogP contribution in [0.4, 0.5) is 0 Å². The predicted octanol–water partition coefficient (Wildman–Crippen LogP) is 2.06. The molecule has 2 atom stereocenters. The van der Waals surface area contributed by atoms with E-state index in [1.807, 2.05) is 7.05 Å². The smallest absolute Gasteiger partial charge is 0.0638 e. The summed E-state index contributed by atoms with van der Waals surface area (Å²) in [6.07, 6.45) is 0. The lowest BCUT2D eigenvalue weighted by Gasteiger charge is -2.31. The molecule has 1 aliphatic rings. The van der Waals surface area contributed by atoms with Crippen molar-refractivity contribution in [1.29, 1.82) is 0 Å². The number of likely N-dealkylation sites (N-methyl/N-ethyl adjacent to an activating group) is 1. The lowest BCUT2D eigenvalue weighted by Crippen LogP contribution is -2.48. The Balaban J connectivity index is 2.11. The van der Waals surface area contributed by atoms with Gasteiger partial charge in [-0.25, -0.2) is 0 Å². The van der Waals surface area contributed by atoms with Crippen molar-refractivity contribution in [3.05, 3.63) is 35.4 Å². The third kappa shape index (κ3) is 3.10. The van der Waals surface area contributed by atoms with Gasteiger partial charge in [0, 0.05) is 12.6 Å². The topological polar surface area (TPSA) is 33.3 Å². The molecule has 18 heavy (non-hydrogen) atoms. The summed E-state index contributed by atoms with van der Waals surface area (Å²) < 4.78 is 5.55. The Hall–Kier alpha value is -0.900. The number of ether oxygens (including phenoxy) is 1. The van der Waals surface area contributed by atoms with Gasteiger partial charge in [-0.2, -0.15) is 0 Å². The Morgan fingerprint density at radius 1 is 1.22 bits per heavy atom. The molecule has 2 N–H and O–H groups in total. The van der Waals surface area contributed by atoms with Crippen LogP contribution in [0.15, 0.2) is 24.3 Å². The zero-order valence-electron chi connectivity index (χ0n) is 11.6. The largest absolute Gasteiger partial charge is 0.378 e. The Morgan fingerprint density at radius 2 is 1.89 bits per heavy atom. The fourth-order valence-corrected chi connectivity index (χ4v) is 2.49. The standard InChI is InChI=1S/C15H24N2O/c1-11(2)12-4-6-13(7-5-12)15(16-3)14-10-18-9-8-17-14/h4-7,11,14-17H,8-10H2,1-3H3. The summed E-state index contributed by atoms with van der Waals surface area (Å²) in [6.45, 7) is 6.98. The minimum Gasteiger partial charge on any atom is -0.378 e. The SMILES string of the molecule is CNC(c1ccc(C(C)C)cc1)C1COCCN1. The van der Waals surface area contributed by atoms with E-state index in [-0.39, 0.29) is 0 Å². The van der Waals surface area contributed by atoms with Crippen molar-refractivity contribution in [3.63, 3.8) is 0 Å². The molecule has 1 fully saturated rings. The van der Waals surface area contributed by atoms with E-state index in [0.717, 1.165) is 19.8 Å². The molecule has 0 aromatic heterocycles. The van der Waals surface area contributed by atoms with Crippen molar-refractivity contribution in [2.75, 3.05) is 26.8 Å². The first kappa shape index (κ1) is 13.5. The molecule has 0 radical (unpaired) electrons. The molecule has 0 spiro atoms. The first-order valence-corrected chi connectivity index (χ1v) is 6.80. The Labute approximate surface area is 110 Å². The van der Waals surface area contributed by atoms with E-state index in [4.69, 9.17) is 4.74 Å². The number of benzene rings is 1. The van der Waals surface area contributed by atoms with Gasteiger partial charge in [-0.15, -0.1) is 0 Å². The first-order valence-electron chi connectivity index (χ1n) is 6.80. The lowest BCUT2D eigenvalue weighted by atomic mass is 9.95. The molecule has 1 heterocycles. The van der Waals surface area contributed by atoms with Crippen molar-refractivity contribution >= 4 is 0 Å². The van der Waals surface area contributed by atoms with E-state index in [2.05, 4.69) is 48.7 Å². The summed E-state index contributed by atoms with van der Waals surface area (Å²) in [4.78, 5) is 0. The van der Waals surface area contributed by atoms with Crippen LogP contribution in [0.25, 0.3) is 0 Å². The minimum atomic E-state index is 0.312. The van der Waals surface area contributed by atoms with Crippen LogP contribution in [0.2, 0.25) is 0 Å². The predicted molar refractivity (Wildman–Crippen MR) is 74.9 cm³/mol. The lowest BCUT2D eigenvalue weighted by molar-refractivity contribution is 0.0645. The van der Waals surface area contributed by atoms with E-state index in [1.54, 1.807) is 0 Å². The molecule has 100 valence electrons. The van der Waals surface area contributed by atoms with E-state index in [1.165, 1.54) is 11.1 Å². The van der Waals surface area contributed by atoms with Crippen LogP contribution in [0.5, 0.6) is 0 Å². The number of hydrogen-bond donors (Lipinski definition) is 2. The van der Waals surface area contributed by atoms with Gasteiger partial charge in [-0.3, -0.25) is 0 Å². The first-order chi connectivity index (χ1) is 8.72. The van der Waals surface area contributed by atoms with Gasteiger partial charge in [0.05, 0.1) is 19.3 Å². The van der Waals surface area contributed by atoms with Crippen molar-refractivity contribution < 1.29 is 4.74 Å². The fourth-order valence-electron chi connectivity index (χ4n) is 2.49. The third-order valence-corrected chi connectivity index (χ3v) is 3.63. The molecule has 1 aromatic carbocycles. The zero-order chi connectivity index (χ0) is 13.0. The molecule has 1 aliphatic heterocycles. The summed E-state index contributed by atoms with van der Waals surface area (Å²) in [5, 5.41) is 6.91. The highest BCUT2D eigenvalue weighted by atomic mass is 16.5. The number of nitrogens with one attached hydrogen (secondary N) is 2. The quantitative estimate of drug-likeness (QED) is 0.855. The Morgan fingerprint density at radius 3 is 2.39 bits per heavy atom. The highest BCUT2D eigenvalue weighted by molar-refractivity contribution is 5.28. The average Bonchev–Trinajstić information content (AvgIpc) is 2.41. The summed E-state index contributed by atoms with van der Waals surface area (Å²) >= 11 is 0. The molecule has 0 saturated carbocycles. The van der Waals surface area contributed by atoms with E-state index >= 15 is 0 Å². The van der Waals surface area contributed by atoms with E-state index in [9.17, 15) is 0 Å². The molecule has 0 bridgehead atoms. The van der Waals surface area contributed by atoms with Crippen molar-refractivity contribution in [2.45, 2.75) is 31.8 Å². The zero-order valence-corrected chi connectivity index (χ0v) is 11.6. The van der Waals surface area contributed by atoms with Gasteiger partial charge in [-0.1, -0.05) is 38.1 Å². The van der Waals surface area contributed by atoms with Crippen LogP contribution < -0.4 is 10.6 Å². The van der Waals surface area contributed by atoms with Gasteiger partial charge in [-0.05, 0) is 24.1 Å². The Kier molecular flexibility index (Phi) is 4.75. The molecule has 1 saturated heterocycles. The van der Waals surface area contributed by atoms with Gasteiger partial charge >= 0.3 is 0 Å². The summed E-state index contributed by atoms with van der Waals surface area (Å²) in [5.74, 6) is 0.586. The molecule has 0 aliphatic carbocycles. The van der Waals surface area contributed by atoms with Crippen LogP contribution in [-0.4, -0.2) is 32.8 Å². The summed E-state index contributed by atoms with van der Waals surface area (Å²) in [6, 6.07) is 9.59. The Bertz CT molecular complexity index is 355. The maximum atomic E-state index is 5.55. The summed E-state index contributed by atoms with van der Waals surface area (Å²) in [5.41, 5.74) is 2.71. The van der Waals surface area contributed by atoms with Crippen LogP contribution in [0, 0.1) is 0 Å². The van der Waals surface area contributed by atoms with Gasteiger partial charge in [0.2, 0.25) is 0 Å². The van der Waals surface area contributed by atoms with Gasteiger partial charge in [0.1, 0.15) is 0 Å². The highest BCUT2D eigenvalue weighted by Gasteiger charge is 2.23. The van der Waals surface area contributed by atoms with E-state index < -0.39 is 0 Å². The van der Waals surface area contributed by atoms with Gasteiger partial charge in [0.15, 0.2) is 0 Å². The maximum Gasteiger partial charge on any atom is 0.0638 e. The molecule has 2 rings (SSSR count). The number of rotatable bonds is 4. The molecular formula is C15H24N2O. The van der Waals surface area contributed by atoms with Gasteiger partial charge in [0.25, 0.3) is 0 Å². The monoisotopic (exact) mass is 248 g/mol. The average molecular weight is 248 g/mol. The van der Waals surface area contributed by atoms with Gasteiger partial charge < -0.3 is 15.4 Å². The third-order valence-electron chi connectivity index (χ3n) is 3.63. The summed E-state index contributed by atoms with van der Waals surface area (Å²) in [7, 11) is 2.01. The van der Waals surface area contributed by atoms with Crippen molar-refractivity contribution in [2.24, 2.45) is 0 Å². The van der Waals surface area contributed by atoms with Crippen LogP contribution in [-0.2, 0) is 4.74 Å². The molecule has 3 nitrogen and oxygen atoms in total. The van der Waals surface area contributed by atoms with Crippen molar-refractivity contribution in [1.82, 2.24) is 10.6 Å². The second-order valence-corrected chi connectivity index (χ2v) is 5.22. The second kappa shape index (κ2) is 6.32. The number of hydrogen-bond acceptors (Lipinski definition) is 3. The molecule has 2 unspecified atom stereocenters. The van der Waals surface area contributed by atoms with Crippen LogP contribution in [0.3, 0.4) is 0 Å². The second-order valence-electron chi connectivity index (χ2n) is 5.22. The molecule has 1 aromatic rings. The number of morpholine rings is 1. The minimum absolute atomic E-state index is 0.312. The molecule has 0 amide bonds. The fraction of sp³-hybridized carbons (Fsp3) is 0.600. The normalized spacial score (nSPS) is 22.1. The van der Waals surface area contributed by atoms with Crippen LogP contribution in [0.1, 0.15) is 36.9 Å². The van der Waals surface area contributed by atoms with E-state index in [0.29, 0.717) is 18.0 Å². The van der Waals surface area contributed by atoms with Crippen LogP contribution >= 0.6 is 0 Å². The molecular weight excluding hydrogens is 224 g/mol.